The Bertz CT molecular complexity index is 262. The van der Waals surface area contributed by atoms with Crippen LogP contribution in [0.3, 0.4) is 0 Å². The van der Waals surface area contributed by atoms with Crippen LogP contribution in [0.4, 0.5) is 0 Å². The second-order valence-electron chi connectivity index (χ2n) is 4.30. The highest BCUT2D eigenvalue weighted by Crippen LogP contribution is 2.28. The van der Waals surface area contributed by atoms with Gasteiger partial charge in [0.15, 0.2) is 0 Å². The molecule has 14 heavy (non-hydrogen) atoms. The molecule has 0 aromatic heterocycles. The molecule has 1 saturated carbocycles. The van der Waals surface area contributed by atoms with Crippen LogP contribution in [0.25, 0.3) is 0 Å². The minimum absolute atomic E-state index is 0.125. The van der Waals surface area contributed by atoms with Gasteiger partial charge < -0.3 is 5.11 Å². The standard InChI is InChI=1S/C13H18O/c14-13(12-8-4-5-9-12)10-11-6-2-1-3-7-11/h1-3,6-7,12-14H,4-5,8-10H2/t13-/m1/s1. The van der Waals surface area contributed by atoms with E-state index in [1.54, 1.807) is 0 Å². The summed E-state index contributed by atoms with van der Waals surface area (Å²) in [6, 6.07) is 10.3. The van der Waals surface area contributed by atoms with Gasteiger partial charge in [-0.2, -0.15) is 0 Å². The van der Waals surface area contributed by atoms with Crippen LogP contribution in [0, 0.1) is 5.92 Å². The van der Waals surface area contributed by atoms with E-state index in [2.05, 4.69) is 12.1 Å². The first kappa shape index (κ1) is 9.72. The molecule has 1 nitrogen and oxygen atoms in total. The Kier molecular flexibility index (Phi) is 3.20. The number of benzene rings is 1. The molecular weight excluding hydrogens is 172 g/mol. The Morgan fingerprint density at radius 1 is 1.14 bits per heavy atom. The molecule has 0 aliphatic heterocycles. The maximum atomic E-state index is 10.0. The van der Waals surface area contributed by atoms with E-state index in [4.69, 9.17) is 0 Å². The molecule has 1 aromatic rings. The molecule has 76 valence electrons. The smallest absolute Gasteiger partial charge is 0.0608 e. The van der Waals surface area contributed by atoms with Gasteiger partial charge in [-0.25, -0.2) is 0 Å². The van der Waals surface area contributed by atoms with Crippen molar-refractivity contribution < 1.29 is 5.11 Å². The van der Waals surface area contributed by atoms with Crippen LogP contribution in [0.1, 0.15) is 31.2 Å². The quantitative estimate of drug-likeness (QED) is 0.777. The summed E-state index contributed by atoms with van der Waals surface area (Å²) in [6.45, 7) is 0. The van der Waals surface area contributed by atoms with Crippen molar-refractivity contribution in [3.63, 3.8) is 0 Å². The van der Waals surface area contributed by atoms with Crippen molar-refractivity contribution in [1.29, 1.82) is 0 Å². The van der Waals surface area contributed by atoms with E-state index in [1.165, 1.54) is 31.2 Å². The van der Waals surface area contributed by atoms with E-state index in [0.29, 0.717) is 5.92 Å². The number of aliphatic hydroxyl groups is 1. The number of rotatable bonds is 3. The topological polar surface area (TPSA) is 20.2 Å². The second-order valence-corrected chi connectivity index (χ2v) is 4.30. The molecule has 1 heteroatoms. The first-order chi connectivity index (χ1) is 6.86. The third-order valence-corrected chi connectivity index (χ3v) is 3.23. The minimum Gasteiger partial charge on any atom is -0.392 e. The fourth-order valence-electron chi connectivity index (χ4n) is 2.36. The molecule has 1 aliphatic rings. The van der Waals surface area contributed by atoms with E-state index in [0.717, 1.165) is 6.42 Å². The van der Waals surface area contributed by atoms with Gasteiger partial charge in [-0.3, -0.25) is 0 Å². The normalized spacial score (nSPS) is 19.8. The summed E-state index contributed by atoms with van der Waals surface area (Å²) >= 11 is 0. The number of hydrogen-bond donors (Lipinski definition) is 1. The van der Waals surface area contributed by atoms with Crippen LogP contribution < -0.4 is 0 Å². The van der Waals surface area contributed by atoms with E-state index >= 15 is 0 Å². The fourth-order valence-corrected chi connectivity index (χ4v) is 2.36. The summed E-state index contributed by atoms with van der Waals surface area (Å²) < 4.78 is 0. The molecule has 0 amide bonds. The average molecular weight is 190 g/mol. The van der Waals surface area contributed by atoms with Gasteiger partial charge >= 0.3 is 0 Å². The fraction of sp³-hybridized carbons (Fsp3) is 0.538. The molecule has 1 atom stereocenters. The van der Waals surface area contributed by atoms with Crippen LogP contribution in [0.15, 0.2) is 30.3 Å². The number of aliphatic hydroxyl groups excluding tert-OH is 1. The van der Waals surface area contributed by atoms with Gasteiger partial charge in [0.1, 0.15) is 0 Å². The highest BCUT2D eigenvalue weighted by Gasteiger charge is 2.22. The van der Waals surface area contributed by atoms with Crippen LogP contribution >= 0.6 is 0 Å². The number of hydrogen-bond acceptors (Lipinski definition) is 1. The van der Waals surface area contributed by atoms with Crippen molar-refractivity contribution in [1.82, 2.24) is 0 Å². The Labute approximate surface area is 85.8 Å². The largest absolute Gasteiger partial charge is 0.392 e. The second kappa shape index (κ2) is 4.61. The van der Waals surface area contributed by atoms with Crippen molar-refractivity contribution in [2.24, 2.45) is 5.92 Å². The first-order valence-electron chi connectivity index (χ1n) is 5.58. The Morgan fingerprint density at radius 2 is 1.79 bits per heavy atom. The van der Waals surface area contributed by atoms with Crippen LogP contribution in [0.5, 0.6) is 0 Å². The average Bonchev–Trinajstić information content (AvgIpc) is 2.72. The molecule has 1 aliphatic carbocycles. The van der Waals surface area contributed by atoms with Gasteiger partial charge in [-0.15, -0.1) is 0 Å². The van der Waals surface area contributed by atoms with Crippen molar-refractivity contribution in [2.45, 2.75) is 38.2 Å². The minimum atomic E-state index is -0.125. The predicted octanol–water partition coefficient (Wildman–Crippen LogP) is 2.78. The zero-order valence-electron chi connectivity index (χ0n) is 8.52. The van der Waals surface area contributed by atoms with Gasteiger partial charge in [0, 0.05) is 0 Å². The van der Waals surface area contributed by atoms with Crippen molar-refractivity contribution in [3.8, 4) is 0 Å². The SMILES string of the molecule is O[C@H](Cc1ccccc1)C1CCCC1. The highest BCUT2D eigenvalue weighted by atomic mass is 16.3. The lowest BCUT2D eigenvalue weighted by Crippen LogP contribution is -2.20. The van der Waals surface area contributed by atoms with Gasteiger partial charge in [-0.05, 0) is 30.7 Å². The maximum Gasteiger partial charge on any atom is 0.0608 e. The molecule has 1 N–H and O–H groups in total. The molecule has 0 heterocycles. The predicted molar refractivity (Wildman–Crippen MR) is 58.1 cm³/mol. The van der Waals surface area contributed by atoms with E-state index in [9.17, 15) is 5.11 Å². The van der Waals surface area contributed by atoms with Crippen LogP contribution in [-0.4, -0.2) is 11.2 Å². The molecular formula is C13H18O. The summed E-state index contributed by atoms with van der Waals surface area (Å²) in [6.07, 6.45) is 5.74. The Balaban J connectivity index is 1.90. The van der Waals surface area contributed by atoms with Gasteiger partial charge in [0.25, 0.3) is 0 Å². The molecule has 1 aromatic carbocycles. The highest BCUT2D eigenvalue weighted by molar-refractivity contribution is 5.15. The zero-order valence-corrected chi connectivity index (χ0v) is 8.52. The monoisotopic (exact) mass is 190 g/mol. The molecule has 0 bridgehead atoms. The van der Waals surface area contributed by atoms with Gasteiger partial charge in [0.05, 0.1) is 6.10 Å². The molecule has 0 radical (unpaired) electrons. The third-order valence-electron chi connectivity index (χ3n) is 3.23. The summed E-state index contributed by atoms with van der Waals surface area (Å²) in [7, 11) is 0. The lowest BCUT2D eigenvalue weighted by molar-refractivity contribution is 0.111. The van der Waals surface area contributed by atoms with E-state index in [-0.39, 0.29) is 6.10 Å². The Hall–Kier alpha value is -0.820. The Morgan fingerprint density at radius 3 is 2.43 bits per heavy atom. The molecule has 2 rings (SSSR count). The molecule has 0 unspecified atom stereocenters. The van der Waals surface area contributed by atoms with Crippen LogP contribution in [0.2, 0.25) is 0 Å². The van der Waals surface area contributed by atoms with Crippen molar-refractivity contribution in [3.05, 3.63) is 35.9 Å². The summed E-state index contributed by atoms with van der Waals surface area (Å²) in [5.74, 6) is 0.551. The summed E-state index contributed by atoms with van der Waals surface area (Å²) in [5, 5.41) is 10.0. The van der Waals surface area contributed by atoms with Gasteiger partial charge in [0.2, 0.25) is 0 Å². The van der Waals surface area contributed by atoms with E-state index < -0.39 is 0 Å². The summed E-state index contributed by atoms with van der Waals surface area (Å²) in [5.41, 5.74) is 1.26. The van der Waals surface area contributed by atoms with E-state index in [1.807, 2.05) is 18.2 Å². The van der Waals surface area contributed by atoms with Crippen molar-refractivity contribution in [2.75, 3.05) is 0 Å². The molecule has 1 fully saturated rings. The lowest BCUT2D eigenvalue weighted by Gasteiger charge is -2.17. The molecule has 0 saturated heterocycles. The maximum absolute atomic E-state index is 10.0. The van der Waals surface area contributed by atoms with Crippen LogP contribution in [-0.2, 0) is 6.42 Å². The molecule has 0 spiro atoms. The van der Waals surface area contributed by atoms with Gasteiger partial charge in [-0.1, -0.05) is 43.2 Å². The third kappa shape index (κ3) is 2.36. The zero-order chi connectivity index (χ0) is 9.80. The van der Waals surface area contributed by atoms with Crippen molar-refractivity contribution >= 4 is 0 Å². The first-order valence-corrected chi connectivity index (χ1v) is 5.58. The summed E-state index contributed by atoms with van der Waals surface area (Å²) in [4.78, 5) is 0. The lowest BCUT2D eigenvalue weighted by atomic mass is 9.95.